The summed E-state index contributed by atoms with van der Waals surface area (Å²) in [6, 6.07) is 7.50. The predicted octanol–water partition coefficient (Wildman–Crippen LogP) is 2.56. The topological polar surface area (TPSA) is 95.2 Å². The van der Waals surface area contributed by atoms with Crippen molar-refractivity contribution in [1.82, 2.24) is 19.7 Å². The second-order valence-electron chi connectivity index (χ2n) is 5.47. The number of thioether (sulfide) groups is 1. The predicted molar refractivity (Wildman–Crippen MR) is 97.4 cm³/mol. The molecule has 0 saturated carbocycles. The van der Waals surface area contributed by atoms with E-state index in [4.69, 9.17) is 13.9 Å². The van der Waals surface area contributed by atoms with Gasteiger partial charge in [0.05, 0.1) is 12.8 Å². The lowest BCUT2D eigenvalue weighted by atomic mass is 10.2. The number of hydrogen-bond donors (Lipinski definition) is 1. The van der Waals surface area contributed by atoms with E-state index >= 15 is 0 Å². The molecule has 0 saturated heterocycles. The number of aromatic amines is 1. The molecule has 138 valence electrons. The first-order chi connectivity index (χ1) is 12.7. The van der Waals surface area contributed by atoms with Gasteiger partial charge in [-0.3, -0.25) is 4.57 Å². The zero-order chi connectivity index (χ0) is 18.4. The number of benzene rings is 1. The largest absolute Gasteiger partial charge is 0.497 e. The van der Waals surface area contributed by atoms with Crippen LogP contribution in [0.5, 0.6) is 5.75 Å². The molecule has 26 heavy (non-hydrogen) atoms. The van der Waals surface area contributed by atoms with Gasteiger partial charge in [0, 0.05) is 31.6 Å². The van der Waals surface area contributed by atoms with E-state index in [0.29, 0.717) is 30.0 Å². The molecule has 0 bridgehead atoms. The van der Waals surface area contributed by atoms with Crippen LogP contribution in [0.1, 0.15) is 12.1 Å². The summed E-state index contributed by atoms with van der Waals surface area (Å²) in [7, 11) is 3.26. The molecule has 3 rings (SSSR count). The van der Waals surface area contributed by atoms with Crippen molar-refractivity contribution in [3.8, 4) is 17.2 Å². The third kappa shape index (κ3) is 4.36. The molecule has 0 amide bonds. The fraction of sp³-hybridized carbons (Fsp3) is 0.353. The van der Waals surface area contributed by atoms with Crippen molar-refractivity contribution in [3.63, 3.8) is 0 Å². The Bertz CT molecular complexity index is 885. The molecular formula is C17H20N4O4S. The number of nitrogens with zero attached hydrogens (tertiary/aromatic N) is 3. The van der Waals surface area contributed by atoms with E-state index in [2.05, 4.69) is 15.2 Å². The van der Waals surface area contributed by atoms with Gasteiger partial charge in [-0.25, -0.2) is 14.9 Å². The Morgan fingerprint density at radius 3 is 2.81 bits per heavy atom. The van der Waals surface area contributed by atoms with Crippen LogP contribution in [-0.2, 0) is 17.0 Å². The Morgan fingerprint density at radius 1 is 1.27 bits per heavy atom. The molecule has 0 fully saturated rings. The number of hydrogen-bond acceptors (Lipinski definition) is 7. The summed E-state index contributed by atoms with van der Waals surface area (Å²) in [5.41, 5.74) is 1.43. The van der Waals surface area contributed by atoms with E-state index in [1.165, 1.54) is 11.8 Å². The Balaban J connectivity index is 1.64. The lowest BCUT2D eigenvalue weighted by Gasteiger charge is -2.03. The van der Waals surface area contributed by atoms with Gasteiger partial charge >= 0.3 is 5.69 Å². The van der Waals surface area contributed by atoms with E-state index in [1.54, 1.807) is 25.0 Å². The van der Waals surface area contributed by atoms with Gasteiger partial charge < -0.3 is 13.9 Å². The minimum Gasteiger partial charge on any atom is -0.497 e. The summed E-state index contributed by atoms with van der Waals surface area (Å²) >= 11 is 1.43. The molecule has 2 aromatic heterocycles. The number of rotatable bonds is 9. The lowest BCUT2D eigenvalue weighted by molar-refractivity contribution is 0.189. The monoisotopic (exact) mass is 376 g/mol. The average Bonchev–Trinajstić information content (AvgIpc) is 3.28. The van der Waals surface area contributed by atoms with Crippen molar-refractivity contribution in [2.45, 2.75) is 23.9 Å². The summed E-state index contributed by atoms with van der Waals surface area (Å²) in [6.45, 7) is 1.15. The fourth-order valence-electron chi connectivity index (χ4n) is 2.36. The van der Waals surface area contributed by atoms with E-state index in [9.17, 15) is 4.79 Å². The summed E-state index contributed by atoms with van der Waals surface area (Å²) < 4.78 is 17.3. The molecular weight excluding hydrogens is 356 g/mol. The molecule has 0 aliphatic heterocycles. The molecule has 0 aliphatic rings. The van der Waals surface area contributed by atoms with Gasteiger partial charge in [0.25, 0.3) is 0 Å². The van der Waals surface area contributed by atoms with Gasteiger partial charge in [-0.2, -0.15) is 0 Å². The Kier molecular flexibility index (Phi) is 6.13. The fourth-order valence-corrected chi connectivity index (χ4v) is 3.21. The van der Waals surface area contributed by atoms with Crippen LogP contribution in [0.3, 0.4) is 0 Å². The van der Waals surface area contributed by atoms with E-state index in [-0.39, 0.29) is 5.69 Å². The minimum absolute atomic E-state index is 0.220. The van der Waals surface area contributed by atoms with Gasteiger partial charge in [0.1, 0.15) is 12.0 Å². The number of oxazole rings is 1. The smallest absolute Gasteiger partial charge is 0.343 e. The van der Waals surface area contributed by atoms with E-state index < -0.39 is 0 Å². The van der Waals surface area contributed by atoms with Crippen LogP contribution >= 0.6 is 11.8 Å². The summed E-state index contributed by atoms with van der Waals surface area (Å²) in [4.78, 5) is 16.3. The second kappa shape index (κ2) is 8.72. The van der Waals surface area contributed by atoms with Crippen LogP contribution in [0, 0.1) is 0 Å². The Hall–Kier alpha value is -2.52. The van der Waals surface area contributed by atoms with Gasteiger partial charge in [-0.15, -0.1) is 5.10 Å². The van der Waals surface area contributed by atoms with Crippen molar-refractivity contribution in [1.29, 1.82) is 0 Å². The van der Waals surface area contributed by atoms with E-state index in [1.807, 2.05) is 24.3 Å². The molecule has 0 aliphatic carbocycles. The maximum Gasteiger partial charge on any atom is 0.343 e. The highest BCUT2D eigenvalue weighted by Crippen LogP contribution is 2.24. The molecule has 9 heteroatoms. The van der Waals surface area contributed by atoms with Gasteiger partial charge in [-0.1, -0.05) is 11.8 Å². The van der Waals surface area contributed by atoms with Gasteiger partial charge in [0.2, 0.25) is 5.89 Å². The van der Waals surface area contributed by atoms with Crippen LogP contribution in [0.4, 0.5) is 0 Å². The Labute approximate surface area is 154 Å². The van der Waals surface area contributed by atoms with Crippen LogP contribution in [-0.4, -0.2) is 40.6 Å². The van der Waals surface area contributed by atoms with Gasteiger partial charge in [-0.05, 0) is 30.7 Å². The molecule has 0 radical (unpaired) electrons. The first-order valence-electron chi connectivity index (χ1n) is 8.07. The molecule has 0 atom stereocenters. The number of methoxy groups -OCH3 is 2. The zero-order valence-corrected chi connectivity index (χ0v) is 15.4. The molecule has 3 aromatic rings. The van der Waals surface area contributed by atoms with Crippen LogP contribution in [0.2, 0.25) is 0 Å². The standard InChI is InChI=1S/C17H20N4O4S/c1-23-9-3-8-21-16(22)19-20-17(21)26-11-13-10-25-15(18-13)12-4-6-14(24-2)7-5-12/h4-7,10H,3,8-9,11H2,1-2H3,(H,19,22). The van der Waals surface area contributed by atoms with Crippen molar-refractivity contribution in [3.05, 3.63) is 46.7 Å². The van der Waals surface area contributed by atoms with Crippen LogP contribution in [0.25, 0.3) is 11.5 Å². The second-order valence-corrected chi connectivity index (χ2v) is 6.41. The Morgan fingerprint density at radius 2 is 2.08 bits per heavy atom. The first-order valence-corrected chi connectivity index (χ1v) is 9.05. The molecule has 1 N–H and O–H groups in total. The first kappa shape index (κ1) is 18.3. The third-order valence-electron chi connectivity index (χ3n) is 3.69. The number of ether oxygens (including phenoxy) is 2. The summed E-state index contributed by atoms with van der Waals surface area (Å²) in [5.74, 6) is 1.87. The van der Waals surface area contributed by atoms with Crippen LogP contribution in [0.15, 0.2) is 44.9 Å². The lowest BCUT2D eigenvalue weighted by Crippen LogP contribution is -2.18. The van der Waals surface area contributed by atoms with Crippen molar-refractivity contribution >= 4 is 11.8 Å². The van der Waals surface area contributed by atoms with Crippen LogP contribution < -0.4 is 10.4 Å². The highest BCUT2D eigenvalue weighted by atomic mass is 32.2. The quantitative estimate of drug-likeness (QED) is 0.453. The SMILES string of the molecule is COCCCn1c(SCc2coc(-c3ccc(OC)cc3)n2)n[nH]c1=O. The molecule has 0 unspecified atom stereocenters. The minimum atomic E-state index is -0.220. The number of aromatic nitrogens is 4. The number of H-pyrrole nitrogens is 1. The maximum atomic E-state index is 11.8. The summed E-state index contributed by atoms with van der Waals surface area (Å²) in [5, 5.41) is 7.18. The molecule has 8 nitrogen and oxygen atoms in total. The third-order valence-corrected chi connectivity index (χ3v) is 4.70. The molecule has 2 heterocycles. The normalized spacial score (nSPS) is 11.0. The summed E-state index contributed by atoms with van der Waals surface area (Å²) in [6.07, 6.45) is 2.36. The highest BCUT2D eigenvalue weighted by molar-refractivity contribution is 7.98. The maximum absolute atomic E-state index is 11.8. The molecule has 1 aromatic carbocycles. The van der Waals surface area contributed by atoms with Crippen molar-refractivity contribution < 1.29 is 13.9 Å². The molecule has 0 spiro atoms. The highest BCUT2D eigenvalue weighted by Gasteiger charge is 2.12. The number of nitrogens with one attached hydrogen (secondary N) is 1. The van der Waals surface area contributed by atoms with Gasteiger partial charge in [0.15, 0.2) is 5.16 Å². The van der Waals surface area contributed by atoms with E-state index in [0.717, 1.165) is 23.4 Å². The van der Waals surface area contributed by atoms with Crippen molar-refractivity contribution in [2.75, 3.05) is 20.8 Å². The van der Waals surface area contributed by atoms with Crippen molar-refractivity contribution in [2.24, 2.45) is 0 Å². The zero-order valence-electron chi connectivity index (χ0n) is 14.6. The average molecular weight is 376 g/mol.